The van der Waals surface area contributed by atoms with E-state index in [2.05, 4.69) is 5.32 Å². The summed E-state index contributed by atoms with van der Waals surface area (Å²) >= 11 is 0. The zero-order valence-electron chi connectivity index (χ0n) is 16.0. The number of piperidine rings is 1. The number of hydrogen-bond donors (Lipinski definition) is 1. The molecule has 152 valence electrons. The lowest BCUT2D eigenvalue weighted by molar-refractivity contribution is -0.126. The van der Waals surface area contributed by atoms with Crippen molar-refractivity contribution in [1.82, 2.24) is 10.2 Å². The number of fused-ring (bicyclic) bond motifs is 1. The third kappa shape index (κ3) is 4.34. The number of para-hydroxylation sites is 1. The number of carbonyl (C=O) groups excluding carboxylic acids is 2. The van der Waals surface area contributed by atoms with Gasteiger partial charge in [-0.1, -0.05) is 12.1 Å². The third-order valence-corrected chi connectivity index (χ3v) is 5.34. The number of carbonyl (C=O) groups is 2. The van der Waals surface area contributed by atoms with E-state index in [9.17, 15) is 14.0 Å². The number of rotatable bonds is 4. The summed E-state index contributed by atoms with van der Waals surface area (Å²) in [6.45, 7) is 2.41. The van der Waals surface area contributed by atoms with Crippen molar-refractivity contribution in [2.45, 2.75) is 19.4 Å². The van der Waals surface area contributed by atoms with Gasteiger partial charge in [0.25, 0.3) is 5.91 Å². The van der Waals surface area contributed by atoms with Crippen LogP contribution in [0.4, 0.5) is 4.39 Å². The first kappa shape index (κ1) is 19.2. The van der Waals surface area contributed by atoms with Crippen LogP contribution in [0.1, 0.15) is 28.8 Å². The van der Waals surface area contributed by atoms with Gasteiger partial charge in [0, 0.05) is 36.7 Å². The van der Waals surface area contributed by atoms with Crippen molar-refractivity contribution in [1.29, 1.82) is 0 Å². The van der Waals surface area contributed by atoms with Crippen LogP contribution in [0.25, 0.3) is 0 Å². The molecule has 0 unspecified atom stereocenters. The summed E-state index contributed by atoms with van der Waals surface area (Å²) in [5, 5.41) is 2.98. The SMILES string of the molecule is O=C(NCc1cccc2c1OCCO2)C1CCN(C(=O)c2ccc(F)cc2)CC1. The topological polar surface area (TPSA) is 67.9 Å². The molecule has 1 fully saturated rings. The third-order valence-electron chi connectivity index (χ3n) is 5.34. The first-order chi connectivity index (χ1) is 14.1. The van der Waals surface area contributed by atoms with Crippen LogP contribution in [0.3, 0.4) is 0 Å². The number of amides is 2. The molecule has 2 aliphatic rings. The monoisotopic (exact) mass is 398 g/mol. The highest BCUT2D eigenvalue weighted by Crippen LogP contribution is 2.33. The highest BCUT2D eigenvalue weighted by Gasteiger charge is 2.28. The average Bonchev–Trinajstić information content (AvgIpc) is 2.77. The van der Waals surface area contributed by atoms with Crippen molar-refractivity contribution < 1.29 is 23.5 Å². The maximum atomic E-state index is 13.0. The number of nitrogens with zero attached hydrogens (tertiary/aromatic N) is 1. The van der Waals surface area contributed by atoms with Crippen molar-refractivity contribution in [2.75, 3.05) is 26.3 Å². The Morgan fingerprint density at radius 2 is 1.76 bits per heavy atom. The summed E-state index contributed by atoms with van der Waals surface area (Å²) in [7, 11) is 0. The smallest absolute Gasteiger partial charge is 0.253 e. The van der Waals surface area contributed by atoms with E-state index in [1.54, 1.807) is 4.90 Å². The van der Waals surface area contributed by atoms with Gasteiger partial charge in [-0.25, -0.2) is 4.39 Å². The predicted octanol–water partition coefficient (Wildman–Crippen LogP) is 2.77. The van der Waals surface area contributed by atoms with Crippen molar-refractivity contribution >= 4 is 11.8 Å². The molecule has 0 aromatic heterocycles. The van der Waals surface area contributed by atoms with Crippen LogP contribution in [0, 0.1) is 11.7 Å². The van der Waals surface area contributed by atoms with Crippen molar-refractivity contribution in [2.24, 2.45) is 5.92 Å². The van der Waals surface area contributed by atoms with Crippen molar-refractivity contribution in [3.05, 3.63) is 59.4 Å². The van der Waals surface area contributed by atoms with Crippen LogP contribution in [0.2, 0.25) is 0 Å². The molecular formula is C22H23FN2O4. The zero-order chi connectivity index (χ0) is 20.2. The molecule has 0 atom stereocenters. The van der Waals surface area contributed by atoms with Crippen LogP contribution in [0.5, 0.6) is 11.5 Å². The predicted molar refractivity (Wildman–Crippen MR) is 104 cm³/mol. The van der Waals surface area contributed by atoms with E-state index in [1.165, 1.54) is 24.3 Å². The molecule has 0 spiro atoms. The van der Waals surface area contributed by atoms with Gasteiger partial charge < -0.3 is 19.7 Å². The van der Waals surface area contributed by atoms with Crippen LogP contribution in [-0.4, -0.2) is 43.0 Å². The lowest BCUT2D eigenvalue weighted by Crippen LogP contribution is -2.43. The lowest BCUT2D eigenvalue weighted by atomic mass is 9.95. The minimum atomic E-state index is -0.367. The van der Waals surface area contributed by atoms with E-state index < -0.39 is 0 Å². The molecule has 2 amide bonds. The van der Waals surface area contributed by atoms with Gasteiger partial charge in [0.1, 0.15) is 19.0 Å². The van der Waals surface area contributed by atoms with Gasteiger partial charge in [-0.2, -0.15) is 0 Å². The van der Waals surface area contributed by atoms with E-state index in [0.29, 0.717) is 62.8 Å². The van der Waals surface area contributed by atoms with E-state index in [4.69, 9.17) is 9.47 Å². The maximum absolute atomic E-state index is 13.0. The zero-order valence-corrected chi connectivity index (χ0v) is 16.0. The number of ether oxygens (including phenoxy) is 2. The number of likely N-dealkylation sites (tertiary alicyclic amines) is 1. The quantitative estimate of drug-likeness (QED) is 0.860. The largest absolute Gasteiger partial charge is 0.486 e. The fraction of sp³-hybridized carbons (Fsp3) is 0.364. The Kier molecular flexibility index (Phi) is 5.64. The molecular weight excluding hydrogens is 375 g/mol. The molecule has 0 radical (unpaired) electrons. The summed E-state index contributed by atoms with van der Waals surface area (Å²) in [5.41, 5.74) is 1.35. The first-order valence-corrected chi connectivity index (χ1v) is 9.82. The Bertz CT molecular complexity index is 892. The first-order valence-electron chi connectivity index (χ1n) is 9.82. The minimum Gasteiger partial charge on any atom is -0.486 e. The Morgan fingerprint density at radius 3 is 2.52 bits per heavy atom. The van der Waals surface area contributed by atoms with E-state index >= 15 is 0 Å². The van der Waals surface area contributed by atoms with Crippen LogP contribution >= 0.6 is 0 Å². The molecule has 0 saturated carbocycles. The molecule has 0 bridgehead atoms. The number of halogens is 1. The Hall–Kier alpha value is -3.09. The molecule has 7 heteroatoms. The molecule has 1 saturated heterocycles. The lowest BCUT2D eigenvalue weighted by Gasteiger charge is -2.31. The highest BCUT2D eigenvalue weighted by atomic mass is 19.1. The second-order valence-corrected chi connectivity index (χ2v) is 7.23. The Labute approximate surface area is 168 Å². The standard InChI is InChI=1S/C22H23FN2O4/c23-18-6-4-16(5-7-18)22(27)25-10-8-15(9-11-25)21(26)24-14-17-2-1-3-19-20(17)29-13-12-28-19/h1-7,15H,8-14H2,(H,24,26). The summed E-state index contributed by atoms with van der Waals surface area (Å²) in [5.74, 6) is 0.747. The van der Waals surface area contributed by atoms with Gasteiger partial charge in [0.05, 0.1) is 0 Å². The second kappa shape index (κ2) is 8.51. The Balaban J connectivity index is 1.29. The van der Waals surface area contributed by atoms with Gasteiger partial charge >= 0.3 is 0 Å². The van der Waals surface area contributed by atoms with E-state index in [-0.39, 0.29) is 23.5 Å². The van der Waals surface area contributed by atoms with Crippen molar-refractivity contribution in [3.8, 4) is 11.5 Å². The van der Waals surface area contributed by atoms with Gasteiger partial charge in [-0.05, 0) is 43.2 Å². The van der Waals surface area contributed by atoms with Gasteiger partial charge in [-0.3, -0.25) is 9.59 Å². The normalized spacial score (nSPS) is 16.4. The van der Waals surface area contributed by atoms with Crippen LogP contribution < -0.4 is 14.8 Å². The Morgan fingerprint density at radius 1 is 1.03 bits per heavy atom. The van der Waals surface area contributed by atoms with Crippen LogP contribution in [0.15, 0.2) is 42.5 Å². The van der Waals surface area contributed by atoms with Crippen LogP contribution in [-0.2, 0) is 11.3 Å². The molecule has 4 rings (SSSR count). The number of nitrogens with one attached hydrogen (secondary N) is 1. The second-order valence-electron chi connectivity index (χ2n) is 7.23. The number of hydrogen-bond acceptors (Lipinski definition) is 4. The summed E-state index contributed by atoms with van der Waals surface area (Å²) < 4.78 is 24.3. The molecule has 2 aromatic carbocycles. The molecule has 29 heavy (non-hydrogen) atoms. The maximum Gasteiger partial charge on any atom is 0.253 e. The van der Waals surface area contributed by atoms with E-state index in [0.717, 1.165) is 5.56 Å². The molecule has 6 nitrogen and oxygen atoms in total. The van der Waals surface area contributed by atoms with Gasteiger partial charge in [0.15, 0.2) is 11.5 Å². The average molecular weight is 398 g/mol. The van der Waals surface area contributed by atoms with Crippen molar-refractivity contribution in [3.63, 3.8) is 0 Å². The van der Waals surface area contributed by atoms with Gasteiger partial charge in [-0.15, -0.1) is 0 Å². The van der Waals surface area contributed by atoms with E-state index in [1.807, 2.05) is 18.2 Å². The molecule has 2 aromatic rings. The highest BCUT2D eigenvalue weighted by molar-refractivity contribution is 5.94. The fourth-order valence-corrected chi connectivity index (χ4v) is 3.72. The van der Waals surface area contributed by atoms with Gasteiger partial charge in [0.2, 0.25) is 5.91 Å². The summed E-state index contributed by atoms with van der Waals surface area (Å²) in [6, 6.07) is 11.2. The molecule has 2 heterocycles. The summed E-state index contributed by atoms with van der Waals surface area (Å²) in [4.78, 5) is 26.8. The minimum absolute atomic E-state index is 0.0202. The number of benzene rings is 2. The summed E-state index contributed by atoms with van der Waals surface area (Å²) in [6.07, 6.45) is 1.20. The fourth-order valence-electron chi connectivity index (χ4n) is 3.72. The molecule has 2 aliphatic heterocycles. The molecule has 0 aliphatic carbocycles. The molecule has 1 N–H and O–H groups in total.